The summed E-state index contributed by atoms with van der Waals surface area (Å²) in [6.07, 6.45) is 1.49. The minimum Gasteiger partial charge on any atom is -0.391 e. The highest BCUT2D eigenvalue weighted by Crippen LogP contribution is 2.30. The van der Waals surface area contributed by atoms with E-state index in [2.05, 4.69) is 25.8 Å². The third-order valence-corrected chi connectivity index (χ3v) is 9.90. The van der Waals surface area contributed by atoms with Crippen LogP contribution >= 0.6 is 11.3 Å². The van der Waals surface area contributed by atoms with Crippen molar-refractivity contribution in [1.29, 1.82) is 0 Å². The smallest absolute Gasteiger partial charge is 0.246 e. The molecule has 1 aromatic heterocycles. The Morgan fingerprint density at radius 1 is 1.12 bits per heavy atom. The number of piperazine rings is 1. The first-order chi connectivity index (χ1) is 19.9. The van der Waals surface area contributed by atoms with Crippen molar-refractivity contribution in [3.63, 3.8) is 0 Å². The van der Waals surface area contributed by atoms with Crippen molar-refractivity contribution < 1.29 is 19.5 Å². The zero-order valence-electron chi connectivity index (χ0n) is 25.2. The zero-order chi connectivity index (χ0) is 30.2. The highest BCUT2D eigenvalue weighted by Gasteiger charge is 2.45. The lowest BCUT2D eigenvalue weighted by atomic mass is 9.85. The number of carbonyl (C=O) groups excluding carboxylic acids is 3. The van der Waals surface area contributed by atoms with Crippen molar-refractivity contribution >= 4 is 29.1 Å². The summed E-state index contributed by atoms with van der Waals surface area (Å²) < 4.78 is 0. The summed E-state index contributed by atoms with van der Waals surface area (Å²) in [6.45, 7) is 11.7. The maximum Gasteiger partial charge on any atom is 0.246 e. The highest BCUT2D eigenvalue weighted by molar-refractivity contribution is 7.13. The van der Waals surface area contributed by atoms with Gasteiger partial charge in [0.1, 0.15) is 12.1 Å². The second-order valence-corrected chi connectivity index (χ2v) is 14.0. The largest absolute Gasteiger partial charge is 0.391 e. The predicted octanol–water partition coefficient (Wildman–Crippen LogP) is 2.22. The maximum absolute atomic E-state index is 13.9. The Bertz CT molecular complexity index is 1280. The number of β-amino-alcohol motifs (C(OH)–C–C–N with tert-alkyl or cyclic N) is 1. The van der Waals surface area contributed by atoms with Gasteiger partial charge in [0, 0.05) is 38.1 Å². The molecule has 228 valence electrons. The Labute approximate surface area is 252 Å². The topological polar surface area (TPSA) is 127 Å². The summed E-state index contributed by atoms with van der Waals surface area (Å²) >= 11 is 1.59. The first-order valence-corrected chi connectivity index (χ1v) is 15.9. The van der Waals surface area contributed by atoms with Crippen LogP contribution in [0.5, 0.6) is 0 Å². The van der Waals surface area contributed by atoms with Gasteiger partial charge < -0.3 is 26.0 Å². The molecule has 1 aromatic carbocycles. The summed E-state index contributed by atoms with van der Waals surface area (Å²) in [5, 5.41) is 20.0. The summed E-state index contributed by atoms with van der Waals surface area (Å²) in [4.78, 5) is 49.8. The van der Waals surface area contributed by atoms with Crippen LogP contribution in [-0.2, 0) is 14.4 Å². The summed E-state index contributed by atoms with van der Waals surface area (Å²) in [5.41, 5.74) is 4.24. The second-order valence-electron chi connectivity index (χ2n) is 13.1. The van der Waals surface area contributed by atoms with Gasteiger partial charge in [-0.2, -0.15) is 0 Å². The molecule has 4 unspecified atom stereocenters. The number of hydrogen-bond acceptors (Lipinski definition) is 8. The molecule has 3 aliphatic rings. The van der Waals surface area contributed by atoms with E-state index in [1.165, 1.54) is 4.90 Å². The zero-order valence-corrected chi connectivity index (χ0v) is 26.0. The van der Waals surface area contributed by atoms with Crippen LogP contribution < -0.4 is 16.0 Å². The number of aromatic nitrogens is 1. The molecule has 4 N–H and O–H groups in total. The number of carbonyl (C=O) groups is 3. The average molecular weight is 597 g/mol. The van der Waals surface area contributed by atoms with Gasteiger partial charge in [-0.05, 0) is 43.2 Å². The number of thiazole rings is 1. The van der Waals surface area contributed by atoms with Crippen LogP contribution in [0.2, 0.25) is 0 Å². The Kier molecular flexibility index (Phi) is 9.03. The Hall–Kier alpha value is -2.86. The van der Waals surface area contributed by atoms with Gasteiger partial charge in [-0.1, -0.05) is 45.0 Å². The number of nitrogens with zero attached hydrogens (tertiary/aromatic N) is 3. The molecule has 2 bridgehead atoms. The van der Waals surface area contributed by atoms with Crippen LogP contribution in [0.3, 0.4) is 0 Å². The molecule has 42 heavy (non-hydrogen) atoms. The molecular formula is C31H44N6O4S. The molecular weight excluding hydrogens is 552 g/mol. The molecule has 10 nitrogen and oxygen atoms in total. The third-order valence-electron chi connectivity index (χ3n) is 8.92. The SMILES string of the molecule is Cc1ncsc1-c1ccc([C@H](C)NC(=O)C2C[C@@H](O)CN2C(=O)C(NC(=O)CN2C3CCC2CNC3)C(C)(C)C)cc1. The number of amides is 3. The first-order valence-electron chi connectivity index (χ1n) is 15.0. The maximum atomic E-state index is 13.9. The van der Waals surface area contributed by atoms with E-state index in [9.17, 15) is 19.5 Å². The van der Waals surface area contributed by atoms with Gasteiger partial charge in [0.2, 0.25) is 17.7 Å². The fourth-order valence-electron chi connectivity index (χ4n) is 6.52. The minimum absolute atomic E-state index is 0.0542. The predicted molar refractivity (Wildman–Crippen MR) is 163 cm³/mol. The molecule has 3 aliphatic heterocycles. The molecule has 5 rings (SSSR count). The van der Waals surface area contributed by atoms with E-state index in [1.54, 1.807) is 11.3 Å². The Morgan fingerprint density at radius 3 is 2.38 bits per heavy atom. The fraction of sp³-hybridized carbons (Fsp3) is 0.613. The highest BCUT2D eigenvalue weighted by atomic mass is 32.1. The normalized spacial score (nSPS) is 25.7. The van der Waals surface area contributed by atoms with Crippen molar-refractivity contribution in [1.82, 2.24) is 30.7 Å². The van der Waals surface area contributed by atoms with Crippen molar-refractivity contribution in [2.24, 2.45) is 5.41 Å². The van der Waals surface area contributed by atoms with Crippen molar-refractivity contribution in [2.75, 3.05) is 26.2 Å². The number of nitrogens with one attached hydrogen (secondary N) is 3. The summed E-state index contributed by atoms with van der Waals surface area (Å²) in [5.74, 6) is -0.840. The van der Waals surface area contributed by atoms with E-state index in [4.69, 9.17) is 0 Å². The molecule has 0 saturated carbocycles. The van der Waals surface area contributed by atoms with Gasteiger partial charge in [-0.15, -0.1) is 11.3 Å². The third kappa shape index (κ3) is 6.54. The fourth-order valence-corrected chi connectivity index (χ4v) is 7.33. The molecule has 0 spiro atoms. The van der Waals surface area contributed by atoms with E-state index in [-0.39, 0.29) is 43.3 Å². The number of hydrogen-bond donors (Lipinski definition) is 4. The molecule has 0 radical (unpaired) electrons. The standard InChI is InChI=1S/C31H44N6O4S/c1-18(20-6-8-21(9-7-20)27-19(2)33-17-42-27)34-29(40)25-12-24(38)15-37(25)30(41)28(31(3,4)5)35-26(39)16-36-22-10-11-23(36)14-32-13-22/h6-9,17-18,22-25,28,32,38H,10-16H2,1-5H3,(H,34,40)(H,35,39)/t18-,22?,23?,24+,25?,28?/m0/s1. The molecule has 11 heteroatoms. The minimum atomic E-state index is -0.827. The number of aryl methyl sites for hydroxylation is 1. The molecule has 0 aliphatic carbocycles. The van der Waals surface area contributed by atoms with E-state index < -0.39 is 23.6 Å². The monoisotopic (exact) mass is 596 g/mol. The molecule has 4 heterocycles. The van der Waals surface area contributed by atoms with Crippen LogP contribution in [0, 0.1) is 12.3 Å². The van der Waals surface area contributed by atoms with Crippen LogP contribution in [0.25, 0.3) is 10.4 Å². The number of aliphatic hydroxyl groups is 1. The van der Waals surface area contributed by atoms with E-state index in [0.717, 1.165) is 47.6 Å². The van der Waals surface area contributed by atoms with Crippen LogP contribution in [0.1, 0.15) is 64.3 Å². The van der Waals surface area contributed by atoms with Crippen LogP contribution in [-0.4, -0.2) is 94.1 Å². The van der Waals surface area contributed by atoms with Gasteiger partial charge in [-0.25, -0.2) is 4.98 Å². The molecule has 2 aromatic rings. The Morgan fingerprint density at radius 2 is 1.79 bits per heavy atom. The number of rotatable bonds is 8. The van der Waals surface area contributed by atoms with E-state index in [0.29, 0.717) is 12.1 Å². The molecule has 6 atom stereocenters. The second kappa shape index (κ2) is 12.4. The lowest BCUT2D eigenvalue weighted by Crippen LogP contribution is -2.60. The number of likely N-dealkylation sites (tertiary alicyclic amines) is 1. The number of fused-ring (bicyclic) bond motifs is 2. The Balaban J connectivity index is 1.24. The van der Waals surface area contributed by atoms with Gasteiger partial charge >= 0.3 is 0 Å². The van der Waals surface area contributed by atoms with E-state index >= 15 is 0 Å². The average Bonchev–Trinajstić information content (AvgIpc) is 3.60. The molecule has 3 amide bonds. The number of benzene rings is 1. The van der Waals surface area contributed by atoms with Gasteiger partial charge in [0.05, 0.1) is 34.8 Å². The summed E-state index contributed by atoms with van der Waals surface area (Å²) in [7, 11) is 0. The molecule has 3 saturated heterocycles. The number of aliphatic hydroxyl groups excluding tert-OH is 1. The molecule has 3 fully saturated rings. The van der Waals surface area contributed by atoms with Gasteiger partial charge in [0.15, 0.2) is 0 Å². The van der Waals surface area contributed by atoms with Crippen LogP contribution in [0.15, 0.2) is 29.8 Å². The summed E-state index contributed by atoms with van der Waals surface area (Å²) in [6, 6.07) is 6.77. The lowest BCUT2D eigenvalue weighted by molar-refractivity contribution is -0.144. The van der Waals surface area contributed by atoms with Gasteiger partial charge in [-0.3, -0.25) is 19.3 Å². The van der Waals surface area contributed by atoms with Crippen molar-refractivity contribution in [3.8, 4) is 10.4 Å². The first kappa shape index (κ1) is 30.6. The van der Waals surface area contributed by atoms with Crippen molar-refractivity contribution in [2.45, 2.75) is 90.2 Å². The van der Waals surface area contributed by atoms with Crippen LogP contribution in [0.4, 0.5) is 0 Å². The van der Waals surface area contributed by atoms with E-state index in [1.807, 2.05) is 64.4 Å². The quantitative estimate of drug-likeness (QED) is 0.368. The van der Waals surface area contributed by atoms with Crippen molar-refractivity contribution in [3.05, 3.63) is 41.0 Å². The van der Waals surface area contributed by atoms with Gasteiger partial charge in [0.25, 0.3) is 0 Å². The lowest BCUT2D eigenvalue weighted by Gasteiger charge is -2.37.